The highest BCUT2D eigenvalue weighted by Gasteiger charge is 2.16. The summed E-state index contributed by atoms with van der Waals surface area (Å²) in [6.45, 7) is 2.22. The molecule has 0 aliphatic carbocycles. The molecule has 1 N–H and O–H groups in total. The van der Waals surface area contributed by atoms with Crippen LogP contribution in [-0.4, -0.2) is 27.9 Å². The Morgan fingerprint density at radius 2 is 1.96 bits per heavy atom. The van der Waals surface area contributed by atoms with E-state index in [1.54, 1.807) is 23.0 Å². The maximum atomic E-state index is 6.28. The highest BCUT2D eigenvalue weighted by molar-refractivity contribution is 7.71. The van der Waals surface area contributed by atoms with Crippen molar-refractivity contribution in [2.45, 2.75) is 6.92 Å². The molecule has 1 aliphatic heterocycles. The SMILES string of the molecule is Cc1ccc(-c2n[nH]c(=S)n2N=Cc2cc3c(cc2Cl)OCO3)cc1. The van der Waals surface area contributed by atoms with Gasteiger partial charge in [-0.1, -0.05) is 41.4 Å². The minimum atomic E-state index is 0.191. The van der Waals surface area contributed by atoms with Gasteiger partial charge in [-0.25, -0.2) is 5.10 Å². The highest BCUT2D eigenvalue weighted by Crippen LogP contribution is 2.36. The third-order valence-electron chi connectivity index (χ3n) is 3.76. The summed E-state index contributed by atoms with van der Waals surface area (Å²) in [6.07, 6.45) is 1.62. The molecule has 0 unspecified atom stereocenters. The summed E-state index contributed by atoms with van der Waals surface area (Å²) in [5, 5.41) is 12.0. The lowest BCUT2D eigenvalue weighted by molar-refractivity contribution is 0.174. The van der Waals surface area contributed by atoms with Gasteiger partial charge in [-0.3, -0.25) is 0 Å². The molecule has 126 valence electrons. The second-order valence-electron chi connectivity index (χ2n) is 5.50. The van der Waals surface area contributed by atoms with Crippen molar-refractivity contribution in [3.8, 4) is 22.9 Å². The number of aromatic amines is 1. The van der Waals surface area contributed by atoms with E-state index in [1.807, 2.05) is 31.2 Å². The van der Waals surface area contributed by atoms with Gasteiger partial charge in [0.2, 0.25) is 11.6 Å². The standard InChI is InChI=1S/C17H13ClN4O2S/c1-10-2-4-11(5-3-10)16-20-21-17(25)22(16)19-8-12-6-14-15(7-13(12)18)24-9-23-14/h2-8H,9H2,1H3,(H,21,25). The molecular weight excluding hydrogens is 360 g/mol. The molecule has 0 spiro atoms. The second-order valence-corrected chi connectivity index (χ2v) is 6.30. The Balaban J connectivity index is 1.72. The first kappa shape index (κ1) is 15.9. The van der Waals surface area contributed by atoms with Crippen molar-refractivity contribution in [1.82, 2.24) is 14.9 Å². The number of rotatable bonds is 3. The normalized spacial score (nSPS) is 12.9. The summed E-state index contributed by atoms with van der Waals surface area (Å²) in [6, 6.07) is 11.5. The van der Waals surface area contributed by atoms with E-state index in [0.29, 0.717) is 32.7 Å². The van der Waals surface area contributed by atoms with Crippen LogP contribution in [0.1, 0.15) is 11.1 Å². The van der Waals surface area contributed by atoms with E-state index < -0.39 is 0 Å². The lowest BCUT2D eigenvalue weighted by Gasteiger charge is -2.03. The molecule has 0 bridgehead atoms. The minimum Gasteiger partial charge on any atom is -0.454 e. The van der Waals surface area contributed by atoms with Gasteiger partial charge in [-0.15, -0.1) is 0 Å². The maximum absolute atomic E-state index is 6.28. The summed E-state index contributed by atoms with van der Waals surface area (Å²) in [5.74, 6) is 1.89. The van der Waals surface area contributed by atoms with Crippen molar-refractivity contribution >= 4 is 30.0 Å². The van der Waals surface area contributed by atoms with Crippen LogP contribution in [0.25, 0.3) is 11.4 Å². The lowest BCUT2D eigenvalue weighted by atomic mass is 10.1. The predicted octanol–water partition coefficient (Wildman–Crippen LogP) is 4.18. The van der Waals surface area contributed by atoms with Gasteiger partial charge in [0.25, 0.3) is 0 Å². The predicted molar refractivity (Wildman–Crippen MR) is 98.2 cm³/mol. The Kier molecular flexibility index (Phi) is 4.03. The third kappa shape index (κ3) is 3.04. The molecule has 8 heteroatoms. The fourth-order valence-corrected chi connectivity index (χ4v) is 2.82. The fraction of sp³-hybridized carbons (Fsp3) is 0.118. The summed E-state index contributed by atoms with van der Waals surface area (Å²) in [5.41, 5.74) is 2.77. The maximum Gasteiger partial charge on any atom is 0.231 e. The number of fused-ring (bicyclic) bond motifs is 1. The number of nitrogens with one attached hydrogen (secondary N) is 1. The molecule has 4 rings (SSSR count). The molecule has 0 saturated heterocycles. The topological polar surface area (TPSA) is 64.4 Å². The van der Waals surface area contributed by atoms with Crippen LogP contribution >= 0.6 is 23.8 Å². The van der Waals surface area contributed by atoms with Gasteiger partial charge < -0.3 is 9.47 Å². The molecule has 0 radical (unpaired) electrons. The molecule has 1 aromatic heterocycles. The van der Waals surface area contributed by atoms with E-state index in [-0.39, 0.29) is 6.79 Å². The van der Waals surface area contributed by atoms with Crippen LogP contribution in [0.5, 0.6) is 11.5 Å². The zero-order valence-corrected chi connectivity index (χ0v) is 14.8. The molecule has 2 aromatic carbocycles. The van der Waals surface area contributed by atoms with E-state index in [0.717, 1.165) is 5.56 Å². The average molecular weight is 373 g/mol. The number of benzene rings is 2. The van der Waals surface area contributed by atoms with Crippen LogP contribution in [0.4, 0.5) is 0 Å². The van der Waals surface area contributed by atoms with E-state index in [9.17, 15) is 0 Å². The van der Waals surface area contributed by atoms with Gasteiger partial charge in [-0.05, 0) is 25.2 Å². The number of aryl methyl sites for hydroxylation is 1. The zero-order valence-electron chi connectivity index (χ0n) is 13.2. The van der Waals surface area contributed by atoms with Crippen molar-refractivity contribution in [2.24, 2.45) is 5.10 Å². The van der Waals surface area contributed by atoms with Crippen molar-refractivity contribution in [1.29, 1.82) is 0 Å². The van der Waals surface area contributed by atoms with Crippen LogP contribution in [0.3, 0.4) is 0 Å². The van der Waals surface area contributed by atoms with Crippen LogP contribution < -0.4 is 9.47 Å². The molecular formula is C17H13ClN4O2S. The number of nitrogens with zero attached hydrogens (tertiary/aromatic N) is 3. The first-order valence-corrected chi connectivity index (χ1v) is 8.28. The molecule has 0 amide bonds. The summed E-state index contributed by atoms with van der Waals surface area (Å²) < 4.78 is 12.6. The Morgan fingerprint density at radius 3 is 2.72 bits per heavy atom. The summed E-state index contributed by atoms with van der Waals surface area (Å²) >= 11 is 11.6. The van der Waals surface area contributed by atoms with Crippen molar-refractivity contribution in [3.05, 3.63) is 57.3 Å². The molecule has 6 nitrogen and oxygen atoms in total. The molecule has 25 heavy (non-hydrogen) atoms. The largest absolute Gasteiger partial charge is 0.454 e. The number of H-pyrrole nitrogens is 1. The van der Waals surface area contributed by atoms with Crippen LogP contribution in [0.15, 0.2) is 41.5 Å². The van der Waals surface area contributed by atoms with Gasteiger partial charge in [0.15, 0.2) is 17.3 Å². The highest BCUT2D eigenvalue weighted by atomic mass is 35.5. The van der Waals surface area contributed by atoms with Crippen LogP contribution in [-0.2, 0) is 0 Å². The van der Waals surface area contributed by atoms with E-state index in [2.05, 4.69) is 15.3 Å². The molecule has 0 atom stereocenters. The summed E-state index contributed by atoms with van der Waals surface area (Å²) in [7, 11) is 0. The Hall–Kier alpha value is -2.64. The van der Waals surface area contributed by atoms with E-state index in [4.69, 9.17) is 33.3 Å². The average Bonchev–Trinajstić information content (AvgIpc) is 3.19. The fourth-order valence-electron chi connectivity index (χ4n) is 2.44. The van der Waals surface area contributed by atoms with E-state index >= 15 is 0 Å². The molecule has 0 fully saturated rings. The van der Waals surface area contributed by atoms with Crippen LogP contribution in [0, 0.1) is 11.7 Å². The number of halogens is 1. The molecule has 1 aliphatic rings. The number of hydrogen-bond donors (Lipinski definition) is 1. The van der Waals surface area contributed by atoms with Crippen molar-refractivity contribution in [2.75, 3.05) is 6.79 Å². The van der Waals surface area contributed by atoms with Gasteiger partial charge in [0.1, 0.15) is 0 Å². The van der Waals surface area contributed by atoms with E-state index in [1.165, 1.54) is 5.56 Å². The third-order valence-corrected chi connectivity index (χ3v) is 4.36. The van der Waals surface area contributed by atoms with Crippen molar-refractivity contribution in [3.63, 3.8) is 0 Å². The van der Waals surface area contributed by atoms with Gasteiger partial charge in [-0.2, -0.15) is 14.9 Å². The Labute approximate surface area is 153 Å². The Bertz CT molecular complexity index is 1020. The minimum absolute atomic E-state index is 0.191. The summed E-state index contributed by atoms with van der Waals surface area (Å²) in [4.78, 5) is 0. The van der Waals surface area contributed by atoms with Gasteiger partial charge in [0, 0.05) is 17.2 Å². The number of ether oxygens (including phenoxy) is 2. The monoisotopic (exact) mass is 372 g/mol. The molecule has 3 aromatic rings. The van der Waals surface area contributed by atoms with Gasteiger partial charge >= 0.3 is 0 Å². The quantitative estimate of drug-likeness (QED) is 0.553. The van der Waals surface area contributed by atoms with Gasteiger partial charge in [0.05, 0.1) is 11.2 Å². The molecule has 2 heterocycles. The second kappa shape index (κ2) is 6.34. The lowest BCUT2D eigenvalue weighted by Crippen LogP contribution is -1.95. The smallest absolute Gasteiger partial charge is 0.231 e. The number of aromatic nitrogens is 3. The zero-order chi connectivity index (χ0) is 17.4. The van der Waals surface area contributed by atoms with Crippen LogP contribution in [0.2, 0.25) is 5.02 Å². The van der Waals surface area contributed by atoms with Crippen molar-refractivity contribution < 1.29 is 9.47 Å². The molecule has 0 saturated carbocycles. The first-order valence-electron chi connectivity index (χ1n) is 7.50. The Morgan fingerprint density at radius 1 is 1.24 bits per heavy atom. The number of hydrogen-bond acceptors (Lipinski definition) is 5. The first-order chi connectivity index (χ1) is 12.1.